The van der Waals surface area contributed by atoms with Gasteiger partial charge >= 0.3 is 5.97 Å². The first kappa shape index (κ1) is 14.4. The molecule has 1 fully saturated rings. The Kier molecular flexibility index (Phi) is 4.51. The Morgan fingerprint density at radius 2 is 1.88 bits per heavy atom. The molecule has 5 nitrogen and oxygen atoms in total. The molecule has 1 rings (SSSR count). The largest absolute Gasteiger partial charge is 0.338 e. The molecule has 0 spiro atoms. The van der Waals surface area contributed by atoms with Crippen LogP contribution < -0.4 is 0 Å². The SMILES string of the molecule is CC(I)CC(C)(C)C(=O)ON1C(=O)CCC1=O. The summed E-state index contributed by atoms with van der Waals surface area (Å²) < 4.78 is 0.306. The molecule has 0 aliphatic carbocycles. The summed E-state index contributed by atoms with van der Waals surface area (Å²) in [5.74, 6) is -1.42. The molecule has 0 saturated carbocycles. The van der Waals surface area contributed by atoms with Gasteiger partial charge in [-0.05, 0) is 20.3 Å². The van der Waals surface area contributed by atoms with E-state index in [1.807, 2.05) is 6.92 Å². The number of amides is 2. The summed E-state index contributed by atoms with van der Waals surface area (Å²) in [7, 11) is 0. The minimum absolute atomic E-state index is 0.120. The van der Waals surface area contributed by atoms with Crippen LogP contribution in [0.4, 0.5) is 0 Å². The van der Waals surface area contributed by atoms with E-state index in [9.17, 15) is 14.4 Å². The topological polar surface area (TPSA) is 63.7 Å². The van der Waals surface area contributed by atoms with E-state index < -0.39 is 23.2 Å². The molecule has 1 aliphatic rings. The van der Waals surface area contributed by atoms with Gasteiger partial charge in [-0.25, -0.2) is 4.79 Å². The Labute approximate surface area is 114 Å². The van der Waals surface area contributed by atoms with E-state index in [2.05, 4.69) is 22.6 Å². The van der Waals surface area contributed by atoms with Gasteiger partial charge < -0.3 is 4.84 Å². The summed E-state index contributed by atoms with van der Waals surface area (Å²) in [6.45, 7) is 5.48. The fraction of sp³-hybridized carbons (Fsp3) is 0.727. The van der Waals surface area contributed by atoms with Gasteiger partial charge in [0, 0.05) is 16.8 Å². The molecule has 0 radical (unpaired) electrons. The van der Waals surface area contributed by atoms with E-state index in [0.717, 1.165) is 0 Å². The molecule has 17 heavy (non-hydrogen) atoms. The van der Waals surface area contributed by atoms with Gasteiger partial charge in [0.2, 0.25) is 0 Å². The zero-order valence-electron chi connectivity index (χ0n) is 10.2. The summed E-state index contributed by atoms with van der Waals surface area (Å²) in [5.41, 5.74) is -0.705. The number of carbonyl (C=O) groups is 3. The van der Waals surface area contributed by atoms with Crippen molar-refractivity contribution in [3.8, 4) is 0 Å². The number of imide groups is 1. The Morgan fingerprint density at radius 3 is 2.29 bits per heavy atom. The molecule has 6 heteroatoms. The second-order valence-electron chi connectivity index (χ2n) is 4.83. The second-order valence-corrected chi connectivity index (χ2v) is 6.96. The van der Waals surface area contributed by atoms with Crippen LogP contribution in [0.15, 0.2) is 0 Å². The van der Waals surface area contributed by atoms with Crippen molar-refractivity contribution in [2.75, 3.05) is 0 Å². The lowest BCUT2D eigenvalue weighted by Gasteiger charge is -2.25. The molecular formula is C11H16INO4. The molecule has 96 valence electrons. The lowest BCUT2D eigenvalue weighted by Crippen LogP contribution is -2.38. The summed E-state index contributed by atoms with van der Waals surface area (Å²) >= 11 is 2.22. The highest BCUT2D eigenvalue weighted by atomic mass is 127. The van der Waals surface area contributed by atoms with Crippen LogP contribution in [0.2, 0.25) is 0 Å². The van der Waals surface area contributed by atoms with Crippen molar-refractivity contribution in [3.63, 3.8) is 0 Å². The standard InChI is InChI=1S/C11H16INO4/c1-7(12)6-11(2,3)10(16)17-13-8(14)4-5-9(13)15/h7H,4-6H2,1-3H3. The fourth-order valence-electron chi connectivity index (χ4n) is 1.65. The average molecular weight is 353 g/mol. The van der Waals surface area contributed by atoms with Gasteiger partial charge in [-0.3, -0.25) is 9.59 Å². The van der Waals surface area contributed by atoms with Crippen LogP contribution in [0.1, 0.15) is 40.0 Å². The third-order valence-electron chi connectivity index (χ3n) is 2.52. The van der Waals surface area contributed by atoms with E-state index in [1.165, 1.54) is 0 Å². The van der Waals surface area contributed by atoms with Gasteiger partial charge in [-0.2, -0.15) is 0 Å². The van der Waals surface area contributed by atoms with Crippen molar-refractivity contribution in [1.29, 1.82) is 0 Å². The van der Waals surface area contributed by atoms with Gasteiger partial charge in [0.25, 0.3) is 11.8 Å². The lowest BCUT2D eigenvalue weighted by atomic mass is 9.88. The Morgan fingerprint density at radius 1 is 1.41 bits per heavy atom. The molecule has 2 amide bonds. The average Bonchev–Trinajstić information content (AvgIpc) is 2.47. The van der Waals surface area contributed by atoms with Gasteiger partial charge in [-0.1, -0.05) is 29.5 Å². The molecular weight excluding hydrogens is 337 g/mol. The van der Waals surface area contributed by atoms with E-state index in [4.69, 9.17) is 4.84 Å². The monoisotopic (exact) mass is 353 g/mol. The van der Waals surface area contributed by atoms with Crippen LogP contribution in [0.3, 0.4) is 0 Å². The van der Waals surface area contributed by atoms with E-state index in [1.54, 1.807) is 13.8 Å². The smallest absolute Gasteiger partial charge is 0.330 e. The third kappa shape index (κ3) is 3.65. The van der Waals surface area contributed by atoms with Crippen LogP contribution in [0.5, 0.6) is 0 Å². The Hall–Kier alpha value is -0.660. The summed E-state index contributed by atoms with van der Waals surface area (Å²) in [4.78, 5) is 39.4. The number of halogens is 1. The number of hydrogen-bond acceptors (Lipinski definition) is 4. The number of nitrogens with zero attached hydrogens (tertiary/aromatic N) is 1. The highest BCUT2D eigenvalue weighted by molar-refractivity contribution is 14.1. The predicted molar refractivity (Wildman–Crippen MR) is 69.1 cm³/mol. The van der Waals surface area contributed by atoms with Crippen LogP contribution >= 0.6 is 22.6 Å². The first-order chi connectivity index (χ1) is 7.74. The van der Waals surface area contributed by atoms with Crippen LogP contribution in [0, 0.1) is 5.41 Å². The van der Waals surface area contributed by atoms with Crippen molar-refractivity contribution in [1.82, 2.24) is 5.06 Å². The number of hydrogen-bond donors (Lipinski definition) is 0. The molecule has 1 saturated heterocycles. The maximum Gasteiger partial charge on any atom is 0.338 e. The van der Waals surface area contributed by atoms with E-state index >= 15 is 0 Å². The fourth-order valence-corrected chi connectivity index (χ4v) is 2.75. The molecule has 0 aromatic rings. The van der Waals surface area contributed by atoms with Gasteiger partial charge in [0.15, 0.2) is 0 Å². The van der Waals surface area contributed by atoms with Crippen molar-refractivity contribution in [2.24, 2.45) is 5.41 Å². The number of alkyl halides is 1. The first-order valence-electron chi connectivity index (χ1n) is 5.46. The van der Waals surface area contributed by atoms with Crippen LogP contribution in [-0.2, 0) is 19.2 Å². The number of hydroxylamine groups is 2. The van der Waals surface area contributed by atoms with Crippen molar-refractivity contribution in [2.45, 2.75) is 44.0 Å². The minimum atomic E-state index is -0.705. The number of rotatable bonds is 4. The van der Waals surface area contributed by atoms with Crippen molar-refractivity contribution < 1.29 is 19.2 Å². The first-order valence-corrected chi connectivity index (χ1v) is 6.71. The van der Waals surface area contributed by atoms with Gasteiger partial charge in [0.1, 0.15) is 0 Å². The summed E-state index contributed by atoms with van der Waals surface area (Å²) in [6, 6.07) is 0. The molecule has 1 atom stereocenters. The molecule has 1 aliphatic heterocycles. The van der Waals surface area contributed by atoms with Crippen molar-refractivity contribution in [3.05, 3.63) is 0 Å². The highest BCUT2D eigenvalue weighted by Crippen LogP contribution is 2.28. The maximum absolute atomic E-state index is 11.9. The molecule has 0 aromatic heterocycles. The quantitative estimate of drug-likeness (QED) is 0.440. The summed E-state index contributed by atoms with van der Waals surface area (Å²) in [6.07, 6.45) is 0.868. The molecule has 0 bridgehead atoms. The van der Waals surface area contributed by atoms with Gasteiger partial charge in [0.05, 0.1) is 5.41 Å². The normalized spacial score (nSPS) is 18.5. The zero-order valence-corrected chi connectivity index (χ0v) is 12.3. The molecule has 0 N–H and O–H groups in total. The molecule has 0 aromatic carbocycles. The van der Waals surface area contributed by atoms with Crippen LogP contribution in [0.25, 0.3) is 0 Å². The second kappa shape index (κ2) is 5.32. The van der Waals surface area contributed by atoms with Crippen molar-refractivity contribution >= 4 is 40.4 Å². The van der Waals surface area contributed by atoms with Gasteiger partial charge in [-0.15, -0.1) is 5.06 Å². The third-order valence-corrected chi connectivity index (χ3v) is 2.96. The van der Waals surface area contributed by atoms with E-state index in [-0.39, 0.29) is 12.8 Å². The highest BCUT2D eigenvalue weighted by Gasteiger charge is 2.38. The maximum atomic E-state index is 11.9. The zero-order chi connectivity index (χ0) is 13.2. The minimum Gasteiger partial charge on any atom is -0.330 e. The number of carbonyl (C=O) groups excluding carboxylic acids is 3. The molecule has 1 unspecified atom stereocenters. The Bertz CT molecular complexity index is 335. The predicted octanol–water partition coefficient (Wildman–Crippen LogP) is 1.83. The van der Waals surface area contributed by atoms with E-state index in [0.29, 0.717) is 15.4 Å². The summed E-state index contributed by atoms with van der Waals surface area (Å²) in [5, 5.41) is 0.599. The van der Waals surface area contributed by atoms with Crippen LogP contribution in [-0.4, -0.2) is 26.8 Å². The Balaban J connectivity index is 2.65. The lowest BCUT2D eigenvalue weighted by molar-refractivity contribution is -0.204. The molecule has 1 heterocycles.